The molecular weight excluding hydrogens is 522 g/mol. The van der Waals surface area contributed by atoms with Crippen LogP contribution >= 0.6 is 0 Å². The van der Waals surface area contributed by atoms with Crippen LogP contribution in [0.25, 0.3) is 22.2 Å². The van der Waals surface area contributed by atoms with E-state index in [9.17, 15) is 35.9 Å². The fourth-order valence-corrected chi connectivity index (χ4v) is 4.11. The van der Waals surface area contributed by atoms with E-state index in [1.807, 2.05) is 0 Å². The van der Waals surface area contributed by atoms with Gasteiger partial charge in [-0.15, -0.1) is 0 Å². The molecule has 3 aromatic rings. The predicted molar refractivity (Wildman–Crippen MR) is 126 cm³/mol. The summed E-state index contributed by atoms with van der Waals surface area (Å²) in [4.78, 5) is 30.2. The summed E-state index contributed by atoms with van der Waals surface area (Å²) in [5, 5.41) is 6.75. The number of nitrogens with zero attached hydrogens (tertiary/aromatic N) is 5. The highest BCUT2D eigenvalue weighted by molar-refractivity contribution is 5.98. The number of rotatable bonds is 7. The lowest BCUT2D eigenvalue weighted by atomic mass is 10.1. The number of pyridine rings is 1. The Balaban J connectivity index is 1.92. The van der Waals surface area contributed by atoms with E-state index < -0.39 is 42.8 Å². The molecule has 38 heavy (non-hydrogen) atoms. The Morgan fingerprint density at radius 1 is 1.21 bits per heavy atom. The second-order valence-corrected chi connectivity index (χ2v) is 9.01. The Hall–Kier alpha value is -3.62. The molecule has 0 aromatic carbocycles. The maximum atomic E-state index is 13.6. The zero-order valence-electron chi connectivity index (χ0n) is 20.5. The quantitative estimate of drug-likeness (QED) is 0.448. The van der Waals surface area contributed by atoms with E-state index in [4.69, 9.17) is 4.74 Å². The predicted octanol–water partition coefficient (Wildman–Crippen LogP) is 4.13. The van der Waals surface area contributed by atoms with Crippen LogP contribution in [-0.4, -0.2) is 63.9 Å². The minimum atomic E-state index is -4.79. The van der Waals surface area contributed by atoms with Crippen molar-refractivity contribution in [1.29, 1.82) is 0 Å². The Bertz CT molecular complexity index is 1410. The molecule has 0 saturated carbocycles. The summed E-state index contributed by atoms with van der Waals surface area (Å²) in [5.41, 5.74) is -0.662. The summed E-state index contributed by atoms with van der Waals surface area (Å²) in [6.45, 7) is 2.07. The maximum Gasteiger partial charge on any atom is 0.410 e. The van der Waals surface area contributed by atoms with E-state index in [0.717, 1.165) is 6.92 Å². The molecule has 1 amide bonds. The van der Waals surface area contributed by atoms with Crippen molar-refractivity contribution in [1.82, 2.24) is 19.3 Å². The number of carbonyl (C=O) groups is 1. The van der Waals surface area contributed by atoms with Gasteiger partial charge in [-0.3, -0.25) is 9.59 Å². The van der Waals surface area contributed by atoms with Crippen LogP contribution in [0.2, 0.25) is 0 Å². The van der Waals surface area contributed by atoms with Crippen LogP contribution < -0.4 is 15.8 Å². The number of aromatic nitrogens is 4. The molecule has 1 fully saturated rings. The minimum absolute atomic E-state index is 0.0493. The lowest BCUT2D eigenvalue weighted by Crippen LogP contribution is -2.54. The number of amides is 1. The van der Waals surface area contributed by atoms with Crippen molar-refractivity contribution < 1.29 is 35.9 Å². The molecule has 0 radical (unpaired) electrons. The highest BCUT2D eigenvalue weighted by Crippen LogP contribution is 2.35. The smallest absolute Gasteiger partial charge is 0.378 e. The van der Waals surface area contributed by atoms with Gasteiger partial charge < -0.3 is 19.5 Å². The van der Waals surface area contributed by atoms with Crippen molar-refractivity contribution in [3.63, 3.8) is 0 Å². The van der Waals surface area contributed by atoms with Crippen LogP contribution in [-0.2, 0) is 16.1 Å². The molecule has 0 bridgehead atoms. The normalized spacial score (nSPS) is 15.6. The third kappa shape index (κ3) is 5.61. The summed E-state index contributed by atoms with van der Waals surface area (Å²) < 4.78 is 86.7. The zero-order chi connectivity index (χ0) is 28.0. The van der Waals surface area contributed by atoms with Crippen molar-refractivity contribution in [2.75, 3.05) is 30.4 Å². The van der Waals surface area contributed by atoms with Gasteiger partial charge >= 0.3 is 12.4 Å². The van der Waals surface area contributed by atoms with Crippen LogP contribution in [0.3, 0.4) is 0 Å². The molecule has 4 rings (SSSR count). The Morgan fingerprint density at radius 2 is 1.89 bits per heavy atom. The van der Waals surface area contributed by atoms with Gasteiger partial charge in [0.15, 0.2) is 0 Å². The molecule has 15 heteroatoms. The van der Waals surface area contributed by atoms with Crippen LogP contribution in [0.4, 0.5) is 37.8 Å². The number of ether oxygens (including phenoxy) is 1. The van der Waals surface area contributed by atoms with Crippen LogP contribution in [0.15, 0.2) is 29.3 Å². The van der Waals surface area contributed by atoms with Gasteiger partial charge in [-0.1, -0.05) is 0 Å². The molecule has 0 unspecified atom stereocenters. The van der Waals surface area contributed by atoms with E-state index >= 15 is 0 Å². The number of fused-ring (bicyclic) bond motifs is 1. The molecule has 4 heterocycles. The summed E-state index contributed by atoms with van der Waals surface area (Å²) in [6.07, 6.45) is -8.05. The van der Waals surface area contributed by atoms with Gasteiger partial charge in [0.25, 0.3) is 5.56 Å². The second kappa shape index (κ2) is 9.93. The molecule has 1 aliphatic rings. The molecule has 206 valence electrons. The lowest BCUT2D eigenvalue weighted by Gasteiger charge is -2.39. The average Bonchev–Trinajstić information content (AvgIpc) is 3.14. The van der Waals surface area contributed by atoms with E-state index in [-0.39, 0.29) is 52.9 Å². The van der Waals surface area contributed by atoms with Crippen molar-refractivity contribution in [3.05, 3.63) is 34.9 Å². The summed E-state index contributed by atoms with van der Waals surface area (Å²) in [5.74, 6) is -0.365. The summed E-state index contributed by atoms with van der Waals surface area (Å²) in [7, 11) is 1.47. The fraction of sp³-hybridized carbons (Fsp3) is 0.478. The molecular formula is C23H24F6N6O3. The molecule has 1 saturated heterocycles. The van der Waals surface area contributed by atoms with Gasteiger partial charge in [-0.2, -0.15) is 31.4 Å². The van der Waals surface area contributed by atoms with Gasteiger partial charge in [-0.25, -0.2) is 9.67 Å². The van der Waals surface area contributed by atoms with Gasteiger partial charge in [0.05, 0.1) is 29.9 Å². The number of halogens is 6. The largest absolute Gasteiger partial charge is 0.410 e. The molecule has 0 aliphatic carbocycles. The number of aryl methyl sites for hydroxylation is 1. The third-order valence-electron chi connectivity index (χ3n) is 6.26. The molecule has 3 aromatic heterocycles. The Labute approximate surface area is 212 Å². The Kier molecular flexibility index (Phi) is 7.16. The Morgan fingerprint density at radius 3 is 2.47 bits per heavy atom. The van der Waals surface area contributed by atoms with E-state index in [2.05, 4.69) is 15.4 Å². The highest BCUT2D eigenvalue weighted by atomic mass is 19.4. The van der Waals surface area contributed by atoms with Crippen LogP contribution in [0, 0.1) is 0 Å². The van der Waals surface area contributed by atoms with Crippen molar-refractivity contribution >= 4 is 28.3 Å². The van der Waals surface area contributed by atoms with Crippen LogP contribution in [0.5, 0.6) is 0 Å². The van der Waals surface area contributed by atoms with E-state index in [1.54, 1.807) is 4.90 Å². The monoisotopic (exact) mass is 546 g/mol. The standard InChI is InChI=1S/C23H24F6N6O3/c1-12(23(27,28)29)35-21(37)18(34-9-14(10-34)38-3)7-17(32-35)16-11-33(5-4-22(24,25)26)19-8-30-20(6-15(16)19)31-13(2)36/h6-8,11-12,14H,4-5,9-10H2,1-3H3,(H,30,31,36)/t12-/m0/s1. The highest BCUT2D eigenvalue weighted by Gasteiger charge is 2.40. The van der Waals surface area contributed by atoms with Gasteiger partial charge in [0.1, 0.15) is 17.5 Å². The van der Waals surface area contributed by atoms with Gasteiger partial charge in [0, 0.05) is 50.8 Å². The van der Waals surface area contributed by atoms with Crippen molar-refractivity contribution in [2.45, 2.75) is 51.3 Å². The first kappa shape index (κ1) is 27.4. The van der Waals surface area contributed by atoms with Crippen molar-refractivity contribution in [2.24, 2.45) is 0 Å². The molecule has 1 atom stereocenters. The first-order chi connectivity index (χ1) is 17.7. The summed E-state index contributed by atoms with van der Waals surface area (Å²) in [6, 6.07) is 0.434. The number of anilines is 2. The van der Waals surface area contributed by atoms with E-state index in [0.29, 0.717) is 4.68 Å². The average molecular weight is 546 g/mol. The second-order valence-electron chi connectivity index (χ2n) is 9.01. The van der Waals surface area contributed by atoms with Crippen LogP contribution in [0.1, 0.15) is 26.3 Å². The molecule has 1 N–H and O–H groups in total. The first-order valence-electron chi connectivity index (χ1n) is 11.5. The first-order valence-corrected chi connectivity index (χ1v) is 11.5. The lowest BCUT2D eigenvalue weighted by molar-refractivity contribution is -0.166. The fourth-order valence-electron chi connectivity index (χ4n) is 4.11. The minimum Gasteiger partial charge on any atom is -0.378 e. The number of methoxy groups -OCH3 is 1. The number of alkyl halides is 6. The summed E-state index contributed by atoms with van der Waals surface area (Å²) >= 11 is 0. The van der Waals surface area contributed by atoms with Crippen molar-refractivity contribution in [3.8, 4) is 11.3 Å². The number of carbonyl (C=O) groups excluding carboxylic acids is 1. The maximum absolute atomic E-state index is 13.6. The molecule has 1 aliphatic heterocycles. The molecule has 0 spiro atoms. The van der Waals surface area contributed by atoms with Gasteiger partial charge in [-0.05, 0) is 19.1 Å². The number of hydrogen-bond acceptors (Lipinski definition) is 6. The number of nitrogens with one attached hydrogen (secondary N) is 1. The number of hydrogen-bond donors (Lipinski definition) is 1. The van der Waals surface area contributed by atoms with Gasteiger partial charge in [0.2, 0.25) is 5.91 Å². The van der Waals surface area contributed by atoms with E-state index in [1.165, 1.54) is 43.1 Å². The zero-order valence-corrected chi connectivity index (χ0v) is 20.5. The SMILES string of the molecule is COC1CN(c2cc(-c3cn(CCC(F)(F)F)c4cnc(NC(C)=O)cc34)nn([C@@H](C)C(F)(F)F)c2=O)C1. The third-order valence-corrected chi connectivity index (χ3v) is 6.26. The molecule has 9 nitrogen and oxygen atoms in total. The topological polar surface area (TPSA) is 94.3 Å².